The fourth-order valence-corrected chi connectivity index (χ4v) is 2.68. The van der Waals surface area contributed by atoms with E-state index in [0.717, 1.165) is 5.69 Å². The van der Waals surface area contributed by atoms with E-state index in [1.807, 2.05) is 4.90 Å². The van der Waals surface area contributed by atoms with Gasteiger partial charge in [0, 0.05) is 43.5 Å². The first kappa shape index (κ1) is 16.5. The Kier molecular flexibility index (Phi) is 4.90. The second-order valence-corrected chi connectivity index (χ2v) is 5.46. The molecule has 1 aliphatic rings. The molecule has 1 heterocycles. The summed E-state index contributed by atoms with van der Waals surface area (Å²) in [5, 5.41) is 10.8. The SMILES string of the molecule is Cc1cc(N2CCCN(CC(F)(F)F)CC2)ccc1[N+](=O)[O-]. The van der Waals surface area contributed by atoms with E-state index in [0.29, 0.717) is 38.2 Å². The Bertz CT molecular complexity index is 549. The van der Waals surface area contributed by atoms with Crippen LogP contribution in [0.4, 0.5) is 24.5 Å². The van der Waals surface area contributed by atoms with E-state index in [2.05, 4.69) is 0 Å². The van der Waals surface area contributed by atoms with Crippen LogP contribution in [0.1, 0.15) is 12.0 Å². The molecule has 2 rings (SSSR count). The molecule has 1 saturated heterocycles. The fraction of sp³-hybridized carbons (Fsp3) is 0.571. The van der Waals surface area contributed by atoms with Crippen LogP contribution in [-0.2, 0) is 0 Å². The average Bonchev–Trinajstić information content (AvgIpc) is 2.61. The molecule has 1 aromatic rings. The third-order valence-corrected chi connectivity index (χ3v) is 3.73. The largest absolute Gasteiger partial charge is 0.401 e. The molecule has 0 atom stereocenters. The third kappa shape index (κ3) is 4.33. The molecule has 122 valence electrons. The van der Waals surface area contributed by atoms with Crippen molar-refractivity contribution >= 4 is 11.4 Å². The van der Waals surface area contributed by atoms with Gasteiger partial charge in [-0.2, -0.15) is 13.2 Å². The Labute approximate surface area is 126 Å². The minimum absolute atomic E-state index is 0.0530. The summed E-state index contributed by atoms with van der Waals surface area (Å²) in [7, 11) is 0. The fourth-order valence-electron chi connectivity index (χ4n) is 2.68. The standard InChI is InChI=1S/C14H18F3N3O2/c1-11-9-12(3-4-13(11)20(21)22)19-6-2-5-18(7-8-19)10-14(15,16)17/h3-4,9H,2,5-8,10H2,1H3. The lowest BCUT2D eigenvalue weighted by molar-refractivity contribution is -0.385. The van der Waals surface area contributed by atoms with Gasteiger partial charge in [-0.1, -0.05) is 0 Å². The summed E-state index contributed by atoms with van der Waals surface area (Å²) in [6.45, 7) is 2.63. The molecule has 22 heavy (non-hydrogen) atoms. The molecule has 0 saturated carbocycles. The van der Waals surface area contributed by atoms with Crippen LogP contribution in [0.25, 0.3) is 0 Å². The zero-order valence-electron chi connectivity index (χ0n) is 12.3. The van der Waals surface area contributed by atoms with Crippen molar-refractivity contribution < 1.29 is 18.1 Å². The molecule has 0 amide bonds. The number of benzene rings is 1. The number of aryl methyl sites for hydroxylation is 1. The predicted octanol–water partition coefficient (Wildman–Crippen LogP) is 2.98. The quantitative estimate of drug-likeness (QED) is 0.635. The summed E-state index contributed by atoms with van der Waals surface area (Å²) in [6, 6.07) is 4.82. The van der Waals surface area contributed by atoms with Crippen molar-refractivity contribution in [2.24, 2.45) is 0 Å². The summed E-state index contributed by atoms with van der Waals surface area (Å²) in [5.41, 5.74) is 1.42. The summed E-state index contributed by atoms with van der Waals surface area (Å²) in [4.78, 5) is 13.8. The Hall–Kier alpha value is -1.83. The zero-order chi connectivity index (χ0) is 16.3. The van der Waals surface area contributed by atoms with Crippen molar-refractivity contribution in [3.05, 3.63) is 33.9 Å². The smallest absolute Gasteiger partial charge is 0.370 e. The first-order chi connectivity index (χ1) is 10.3. The maximum atomic E-state index is 12.4. The van der Waals surface area contributed by atoms with Gasteiger partial charge < -0.3 is 4.90 Å². The lowest BCUT2D eigenvalue weighted by Gasteiger charge is -2.24. The number of nitro groups is 1. The monoisotopic (exact) mass is 317 g/mol. The van der Waals surface area contributed by atoms with Crippen LogP contribution >= 0.6 is 0 Å². The molecule has 0 bridgehead atoms. The lowest BCUT2D eigenvalue weighted by Crippen LogP contribution is -2.37. The third-order valence-electron chi connectivity index (χ3n) is 3.73. The van der Waals surface area contributed by atoms with Crippen LogP contribution in [0.5, 0.6) is 0 Å². The van der Waals surface area contributed by atoms with Crippen LogP contribution < -0.4 is 4.90 Å². The minimum Gasteiger partial charge on any atom is -0.370 e. The van der Waals surface area contributed by atoms with Crippen molar-refractivity contribution in [2.75, 3.05) is 37.6 Å². The van der Waals surface area contributed by atoms with E-state index in [4.69, 9.17) is 0 Å². The number of halogens is 3. The van der Waals surface area contributed by atoms with E-state index < -0.39 is 17.6 Å². The van der Waals surface area contributed by atoms with Crippen molar-refractivity contribution in [3.8, 4) is 0 Å². The molecule has 1 aliphatic heterocycles. The van der Waals surface area contributed by atoms with E-state index in [1.165, 1.54) is 11.0 Å². The first-order valence-corrected chi connectivity index (χ1v) is 7.05. The number of nitrogens with zero attached hydrogens (tertiary/aromatic N) is 3. The van der Waals surface area contributed by atoms with Gasteiger partial charge in [-0.3, -0.25) is 15.0 Å². The molecule has 1 aromatic carbocycles. The number of hydrogen-bond donors (Lipinski definition) is 0. The predicted molar refractivity (Wildman–Crippen MR) is 77.2 cm³/mol. The van der Waals surface area contributed by atoms with Crippen molar-refractivity contribution in [1.82, 2.24) is 4.90 Å². The minimum atomic E-state index is -4.18. The molecular formula is C14H18F3N3O2. The summed E-state index contributed by atoms with van der Waals surface area (Å²) in [5.74, 6) is 0. The van der Waals surface area contributed by atoms with Crippen LogP contribution in [-0.4, -0.2) is 48.7 Å². The van der Waals surface area contributed by atoms with Crippen LogP contribution in [0.2, 0.25) is 0 Å². The number of anilines is 1. The van der Waals surface area contributed by atoms with E-state index in [1.54, 1.807) is 19.1 Å². The molecule has 8 heteroatoms. The molecule has 0 aliphatic carbocycles. The van der Waals surface area contributed by atoms with Crippen molar-refractivity contribution in [2.45, 2.75) is 19.5 Å². The number of hydrogen-bond acceptors (Lipinski definition) is 4. The molecule has 0 aromatic heterocycles. The van der Waals surface area contributed by atoms with Crippen LogP contribution in [0.3, 0.4) is 0 Å². The molecule has 0 spiro atoms. The molecule has 0 N–H and O–H groups in total. The highest BCUT2D eigenvalue weighted by atomic mass is 19.4. The van der Waals surface area contributed by atoms with Gasteiger partial charge in [-0.15, -0.1) is 0 Å². The van der Waals surface area contributed by atoms with E-state index in [-0.39, 0.29) is 5.69 Å². The van der Waals surface area contributed by atoms with Crippen molar-refractivity contribution in [3.63, 3.8) is 0 Å². The average molecular weight is 317 g/mol. The van der Waals surface area contributed by atoms with Gasteiger partial charge in [-0.25, -0.2) is 0 Å². The molecule has 5 nitrogen and oxygen atoms in total. The highest BCUT2D eigenvalue weighted by Gasteiger charge is 2.31. The van der Waals surface area contributed by atoms with Gasteiger partial charge in [0.2, 0.25) is 0 Å². The second-order valence-electron chi connectivity index (χ2n) is 5.46. The second kappa shape index (κ2) is 6.51. The van der Waals surface area contributed by atoms with Gasteiger partial charge in [0.05, 0.1) is 11.5 Å². The Morgan fingerprint density at radius 1 is 1.23 bits per heavy atom. The van der Waals surface area contributed by atoms with Crippen LogP contribution in [0.15, 0.2) is 18.2 Å². The van der Waals surface area contributed by atoms with Crippen molar-refractivity contribution in [1.29, 1.82) is 0 Å². The molecular weight excluding hydrogens is 299 g/mol. The van der Waals surface area contributed by atoms with Gasteiger partial charge in [0.25, 0.3) is 5.69 Å². The van der Waals surface area contributed by atoms with Gasteiger partial charge in [0.1, 0.15) is 0 Å². The topological polar surface area (TPSA) is 49.6 Å². The lowest BCUT2D eigenvalue weighted by atomic mass is 10.1. The Morgan fingerprint density at radius 3 is 2.55 bits per heavy atom. The van der Waals surface area contributed by atoms with E-state index >= 15 is 0 Å². The first-order valence-electron chi connectivity index (χ1n) is 7.05. The molecule has 0 unspecified atom stereocenters. The van der Waals surface area contributed by atoms with Gasteiger partial charge >= 0.3 is 6.18 Å². The number of nitro benzene ring substituents is 1. The molecule has 0 radical (unpaired) electrons. The highest BCUT2D eigenvalue weighted by Crippen LogP contribution is 2.25. The maximum absolute atomic E-state index is 12.4. The van der Waals surface area contributed by atoms with Crippen LogP contribution in [0, 0.1) is 17.0 Å². The normalized spacial score (nSPS) is 17.4. The number of alkyl halides is 3. The Balaban J connectivity index is 2.05. The zero-order valence-corrected chi connectivity index (χ0v) is 12.3. The van der Waals surface area contributed by atoms with Gasteiger partial charge in [0.15, 0.2) is 0 Å². The van der Waals surface area contributed by atoms with E-state index in [9.17, 15) is 23.3 Å². The highest BCUT2D eigenvalue weighted by molar-refractivity contribution is 5.55. The van der Waals surface area contributed by atoms with Gasteiger partial charge in [-0.05, 0) is 25.5 Å². The summed E-state index contributed by atoms with van der Waals surface area (Å²) in [6.07, 6.45) is -3.55. The number of rotatable bonds is 3. The summed E-state index contributed by atoms with van der Waals surface area (Å²) >= 11 is 0. The molecule has 1 fully saturated rings. The maximum Gasteiger partial charge on any atom is 0.401 e. The Morgan fingerprint density at radius 2 is 1.95 bits per heavy atom. The summed E-state index contributed by atoms with van der Waals surface area (Å²) < 4.78 is 37.3.